The molecule has 4 rings (SSSR count). The summed E-state index contributed by atoms with van der Waals surface area (Å²) in [7, 11) is 1.61. The molecule has 1 heterocycles. The van der Waals surface area contributed by atoms with Gasteiger partial charge in [0.25, 0.3) is 0 Å². The van der Waals surface area contributed by atoms with Crippen LogP contribution in [0.4, 0.5) is 5.95 Å². The normalized spacial score (nSPS) is 10.8. The van der Waals surface area contributed by atoms with Crippen LogP contribution in [0.5, 0.6) is 5.75 Å². The average molecular weight is 517 g/mol. The van der Waals surface area contributed by atoms with Gasteiger partial charge in [-0.25, -0.2) is 4.98 Å². The zero-order valence-corrected chi connectivity index (χ0v) is 21.8. The molecule has 8 heteroatoms. The van der Waals surface area contributed by atoms with Crippen molar-refractivity contribution < 1.29 is 14.3 Å². The highest BCUT2D eigenvalue weighted by molar-refractivity contribution is 6.30. The molecule has 3 aromatic carbocycles. The van der Waals surface area contributed by atoms with Crippen LogP contribution in [0.25, 0.3) is 16.9 Å². The summed E-state index contributed by atoms with van der Waals surface area (Å²) in [6.07, 6.45) is 1.85. The lowest BCUT2D eigenvalue weighted by Gasteiger charge is -2.24. The third kappa shape index (κ3) is 6.57. The second-order valence-corrected chi connectivity index (χ2v) is 9.34. The van der Waals surface area contributed by atoms with Crippen LogP contribution in [0.2, 0.25) is 5.02 Å². The van der Waals surface area contributed by atoms with Gasteiger partial charge in [-0.05, 0) is 42.0 Å². The zero-order valence-electron chi connectivity index (χ0n) is 21.0. The second-order valence-electron chi connectivity index (χ2n) is 8.91. The molecule has 0 spiro atoms. The van der Waals surface area contributed by atoms with Crippen molar-refractivity contribution in [2.75, 3.05) is 19.0 Å². The van der Waals surface area contributed by atoms with E-state index >= 15 is 0 Å². The van der Waals surface area contributed by atoms with Crippen LogP contribution >= 0.6 is 11.6 Å². The van der Waals surface area contributed by atoms with Crippen molar-refractivity contribution >= 4 is 29.4 Å². The summed E-state index contributed by atoms with van der Waals surface area (Å²) in [5.74, 6) is 0.384. The predicted octanol–water partition coefficient (Wildman–Crippen LogP) is 5.82. The minimum atomic E-state index is -0.340. The minimum absolute atomic E-state index is 0.0978. The first-order valence-electron chi connectivity index (χ1n) is 12.0. The molecule has 4 aromatic rings. The highest BCUT2D eigenvalue weighted by Crippen LogP contribution is 2.26. The summed E-state index contributed by atoms with van der Waals surface area (Å²) in [4.78, 5) is 32.4. The van der Waals surface area contributed by atoms with Gasteiger partial charge >= 0.3 is 0 Å². The lowest BCUT2D eigenvalue weighted by atomic mass is 10.1. The summed E-state index contributed by atoms with van der Waals surface area (Å²) >= 11 is 6.06. The Bertz CT molecular complexity index is 1350. The molecule has 0 aliphatic carbocycles. The van der Waals surface area contributed by atoms with Gasteiger partial charge in [0, 0.05) is 34.9 Å². The first-order valence-corrected chi connectivity index (χ1v) is 12.3. The van der Waals surface area contributed by atoms with E-state index in [1.807, 2.05) is 86.8 Å². The number of aromatic nitrogens is 2. The largest absolute Gasteiger partial charge is 0.497 e. The Kier molecular flexibility index (Phi) is 8.25. The van der Waals surface area contributed by atoms with Gasteiger partial charge in [-0.2, -0.15) is 0 Å². The lowest BCUT2D eigenvalue weighted by molar-refractivity contribution is -0.138. The second kappa shape index (κ2) is 11.8. The Labute approximate surface area is 221 Å². The molecule has 0 unspecified atom stereocenters. The van der Waals surface area contributed by atoms with Gasteiger partial charge in [0.2, 0.25) is 17.8 Å². The van der Waals surface area contributed by atoms with E-state index in [4.69, 9.17) is 21.3 Å². The molecular formula is C29H29ClN4O3. The number of hydrogen-bond acceptors (Lipinski definition) is 4. The molecule has 0 aliphatic heterocycles. The number of benzene rings is 3. The Hall–Kier alpha value is -4.10. The molecule has 1 N–H and O–H groups in total. The smallest absolute Gasteiger partial charge is 0.246 e. The number of carbonyl (C=O) groups is 2. The first kappa shape index (κ1) is 26.0. The third-order valence-corrected chi connectivity index (χ3v) is 6.06. The Morgan fingerprint density at radius 1 is 1.00 bits per heavy atom. The van der Waals surface area contributed by atoms with Crippen molar-refractivity contribution in [2.24, 2.45) is 5.92 Å². The SMILES string of the molecule is COc1ccc(-n2cc(-c3ccc(Cl)cc3)nc2NC(=O)CN(Cc2ccccc2)C(=O)C(C)C)cc1. The summed E-state index contributed by atoms with van der Waals surface area (Å²) in [6.45, 7) is 3.89. The number of methoxy groups -OCH3 is 1. The van der Waals surface area contributed by atoms with Gasteiger partial charge in [-0.3, -0.25) is 19.5 Å². The monoisotopic (exact) mass is 516 g/mol. The standard InChI is InChI=1S/C29H29ClN4O3/c1-20(2)28(36)33(17-21-7-5-4-6-8-21)19-27(35)32-29-31-26(22-9-11-23(30)12-10-22)18-34(29)24-13-15-25(37-3)16-14-24/h4-16,18,20H,17,19H2,1-3H3,(H,31,32,35). The van der Waals surface area contributed by atoms with Gasteiger partial charge < -0.3 is 9.64 Å². The van der Waals surface area contributed by atoms with Crippen molar-refractivity contribution in [2.45, 2.75) is 20.4 Å². The van der Waals surface area contributed by atoms with E-state index in [-0.39, 0.29) is 24.3 Å². The van der Waals surface area contributed by atoms with E-state index in [0.717, 1.165) is 22.6 Å². The molecule has 0 bridgehead atoms. The Morgan fingerprint density at radius 3 is 2.30 bits per heavy atom. The fourth-order valence-electron chi connectivity index (χ4n) is 3.89. The Morgan fingerprint density at radius 2 is 1.68 bits per heavy atom. The maximum absolute atomic E-state index is 13.2. The van der Waals surface area contributed by atoms with E-state index in [2.05, 4.69) is 5.32 Å². The molecule has 190 valence electrons. The number of rotatable bonds is 9. The molecule has 7 nitrogen and oxygen atoms in total. The van der Waals surface area contributed by atoms with Crippen molar-refractivity contribution in [1.82, 2.24) is 14.5 Å². The fourth-order valence-corrected chi connectivity index (χ4v) is 4.01. The van der Waals surface area contributed by atoms with Crippen molar-refractivity contribution in [1.29, 1.82) is 0 Å². The molecule has 0 saturated carbocycles. The maximum Gasteiger partial charge on any atom is 0.246 e. The molecule has 0 fully saturated rings. The number of halogens is 1. The van der Waals surface area contributed by atoms with Crippen LogP contribution in [0.3, 0.4) is 0 Å². The van der Waals surface area contributed by atoms with Crippen LogP contribution in [-0.4, -0.2) is 39.9 Å². The number of nitrogens with one attached hydrogen (secondary N) is 1. The molecular weight excluding hydrogens is 488 g/mol. The van der Waals surface area contributed by atoms with Crippen molar-refractivity contribution in [3.05, 3.63) is 95.6 Å². The molecule has 0 saturated heterocycles. The van der Waals surface area contributed by atoms with Crippen LogP contribution < -0.4 is 10.1 Å². The summed E-state index contributed by atoms with van der Waals surface area (Å²) < 4.78 is 7.07. The molecule has 2 amide bonds. The van der Waals surface area contributed by atoms with E-state index in [0.29, 0.717) is 23.2 Å². The van der Waals surface area contributed by atoms with Crippen LogP contribution in [-0.2, 0) is 16.1 Å². The predicted molar refractivity (Wildman–Crippen MR) is 146 cm³/mol. The van der Waals surface area contributed by atoms with Gasteiger partial charge in [0.1, 0.15) is 12.3 Å². The molecule has 0 aliphatic rings. The minimum Gasteiger partial charge on any atom is -0.497 e. The topological polar surface area (TPSA) is 76.5 Å². The summed E-state index contributed by atoms with van der Waals surface area (Å²) in [6, 6.07) is 24.4. The number of amides is 2. The Balaban J connectivity index is 1.62. The number of ether oxygens (including phenoxy) is 1. The highest BCUT2D eigenvalue weighted by Gasteiger charge is 2.22. The average Bonchev–Trinajstić information content (AvgIpc) is 3.32. The van der Waals surface area contributed by atoms with Gasteiger partial charge in [-0.1, -0.05) is 67.9 Å². The number of nitrogens with zero attached hydrogens (tertiary/aromatic N) is 3. The van der Waals surface area contributed by atoms with Crippen LogP contribution in [0, 0.1) is 5.92 Å². The lowest BCUT2D eigenvalue weighted by Crippen LogP contribution is -2.40. The first-order chi connectivity index (χ1) is 17.8. The summed E-state index contributed by atoms with van der Waals surface area (Å²) in [5, 5.41) is 3.54. The molecule has 37 heavy (non-hydrogen) atoms. The number of imidazole rings is 1. The zero-order chi connectivity index (χ0) is 26.4. The maximum atomic E-state index is 13.2. The molecule has 0 radical (unpaired) electrons. The van der Waals surface area contributed by atoms with Gasteiger partial charge in [0.05, 0.1) is 12.8 Å². The fraction of sp³-hybridized carbons (Fsp3) is 0.207. The highest BCUT2D eigenvalue weighted by atomic mass is 35.5. The number of carbonyl (C=O) groups excluding carboxylic acids is 2. The van der Waals surface area contributed by atoms with Crippen molar-refractivity contribution in [3.8, 4) is 22.7 Å². The van der Waals surface area contributed by atoms with Crippen LogP contribution in [0.15, 0.2) is 85.1 Å². The third-order valence-electron chi connectivity index (χ3n) is 5.80. The van der Waals surface area contributed by atoms with E-state index in [1.54, 1.807) is 28.7 Å². The van der Waals surface area contributed by atoms with Crippen molar-refractivity contribution in [3.63, 3.8) is 0 Å². The number of hydrogen-bond donors (Lipinski definition) is 1. The number of anilines is 1. The summed E-state index contributed by atoms with van der Waals surface area (Å²) in [5.41, 5.74) is 3.27. The van der Waals surface area contributed by atoms with Crippen LogP contribution in [0.1, 0.15) is 19.4 Å². The molecule has 1 aromatic heterocycles. The van der Waals surface area contributed by atoms with E-state index < -0.39 is 0 Å². The van der Waals surface area contributed by atoms with Gasteiger partial charge in [0.15, 0.2) is 0 Å². The van der Waals surface area contributed by atoms with E-state index in [9.17, 15) is 9.59 Å². The quantitative estimate of drug-likeness (QED) is 0.304. The molecule has 0 atom stereocenters. The van der Waals surface area contributed by atoms with Gasteiger partial charge in [-0.15, -0.1) is 0 Å². The van der Waals surface area contributed by atoms with E-state index in [1.165, 1.54) is 0 Å².